The molecule has 3 aromatic rings. The largest absolute Gasteiger partial charge is 0.392 e. The molecule has 6 heteroatoms. The van der Waals surface area contributed by atoms with Gasteiger partial charge in [0.1, 0.15) is 5.82 Å². The highest BCUT2D eigenvalue weighted by Gasteiger charge is 2.15. The summed E-state index contributed by atoms with van der Waals surface area (Å²) in [5.41, 5.74) is 8.05. The predicted molar refractivity (Wildman–Crippen MR) is 75.9 cm³/mol. The number of fused-ring (bicyclic) bond motifs is 1. The average Bonchev–Trinajstić information content (AvgIpc) is 2.93. The average molecular weight is 285 g/mol. The summed E-state index contributed by atoms with van der Waals surface area (Å²) in [5, 5.41) is 9.39. The van der Waals surface area contributed by atoms with Crippen LogP contribution < -0.4 is 5.73 Å². The number of benzene rings is 2. The summed E-state index contributed by atoms with van der Waals surface area (Å²) in [6, 6.07) is 7.82. The van der Waals surface area contributed by atoms with Crippen LogP contribution in [0.5, 0.6) is 0 Å². The van der Waals surface area contributed by atoms with Crippen LogP contribution in [-0.4, -0.2) is 21.0 Å². The van der Waals surface area contributed by atoms with E-state index in [1.165, 1.54) is 6.07 Å². The van der Waals surface area contributed by atoms with Crippen molar-refractivity contribution >= 4 is 16.9 Å². The number of aromatic amines is 1. The molecule has 1 heterocycles. The molecule has 1 aromatic heterocycles. The van der Waals surface area contributed by atoms with Crippen molar-refractivity contribution in [3.63, 3.8) is 0 Å². The van der Waals surface area contributed by atoms with Gasteiger partial charge in [-0.1, -0.05) is 6.07 Å². The maximum atomic E-state index is 14.0. The summed E-state index contributed by atoms with van der Waals surface area (Å²) in [5.74, 6) is -1.38. The fourth-order valence-electron chi connectivity index (χ4n) is 2.30. The summed E-state index contributed by atoms with van der Waals surface area (Å²) in [6.07, 6.45) is 1.56. The van der Waals surface area contributed by atoms with Crippen molar-refractivity contribution < 1.29 is 14.3 Å². The smallest absolute Gasteiger partial charge is 0.248 e. The Hall–Kier alpha value is -2.73. The lowest BCUT2D eigenvalue weighted by atomic mass is 9.96. The summed E-state index contributed by atoms with van der Waals surface area (Å²) in [4.78, 5) is 18.4. The predicted octanol–water partition coefficient (Wildman–Crippen LogP) is 1.96. The summed E-state index contributed by atoms with van der Waals surface area (Å²) in [7, 11) is 0. The number of nitrogens with two attached hydrogens (primary N) is 1. The third kappa shape index (κ3) is 2.25. The maximum absolute atomic E-state index is 14.0. The zero-order valence-corrected chi connectivity index (χ0v) is 10.9. The Morgan fingerprint density at radius 1 is 1.33 bits per heavy atom. The summed E-state index contributed by atoms with van der Waals surface area (Å²) in [6.45, 7) is -0.471. The highest BCUT2D eigenvalue weighted by atomic mass is 19.1. The van der Waals surface area contributed by atoms with Crippen molar-refractivity contribution in [1.29, 1.82) is 0 Å². The van der Waals surface area contributed by atoms with E-state index in [0.717, 1.165) is 17.1 Å². The van der Waals surface area contributed by atoms with Crippen LogP contribution in [0.25, 0.3) is 22.2 Å². The molecule has 0 aliphatic carbocycles. The van der Waals surface area contributed by atoms with Crippen LogP contribution in [0.3, 0.4) is 0 Å². The van der Waals surface area contributed by atoms with E-state index in [-0.39, 0.29) is 11.1 Å². The first-order valence-corrected chi connectivity index (χ1v) is 6.26. The van der Waals surface area contributed by atoms with Crippen LogP contribution in [0.2, 0.25) is 0 Å². The lowest BCUT2D eigenvalue weighted by molar-refractivity contribution is 0.0999. The molecule has 5 nitrogen and oxygen atoms in total. The van der Waals surface area contributed by atoms with Gasteiger partial charge in [-0.05, 0) is 35.4 Å². The highest BCUT2D eigenvalue weighted by molar-refractivity contribution is 5.95. The number of aromatic nitrogens is 2. The van der Waals surface area contributed by atoms with Crippen molar-refractivity contribution in [1.82, 2.24) is 9.97 Å². The van der Waals surface area contributed by atoms with Gasteiger partial charge in [0.15, 0.2) is 0 Å². The number of aliphatic hydroxyl groups excluding tert-OH is 1. The van der Waals surface area contributed by atoms with Crippen LogP contribution in [0, 0.1) is 5.82 Å². The third-order valence-electron chi connectivity index (χ3n) is 3.37. The number of carbonyl (C=O) groups is 1. The first kappa shape index (κ1) is 13.3. The van der Waals surface area contributed by atoms with E-state index in [9.17, 15) is 14.3 Å². The topological polar surface area (TPSA) is 92.0 Å². The molecule has 3 rings (SSSR count). The lowest BCUT2D eigenvalue weighted by Crippen LogP contribution is -2.12. The van der Waals surface area contributed by atoms with Crippen LogP contribution >= 0.6 is 0 Å². The molecule has 0 unspecified atom stereocenters. The van der Waals surface area contributed by atoms with Gasteiger partial charge in [-0.25, -0.2) is 9.37 Å². The molecular weight excluding hydrogens is 273 g/mol. The number of hydrogen-bond acceptors (Lipinski definition) is 3. The van der Waals surface area contributed by atoms with E-state index < -0.39 is 18.3 Å². The first-order valence-electron chi connectivity index (χ1n) is 6.26. The van der Waals surface area contributed by atoms with Gasteiger partial charge in [-0.15, -0.1) is 0 Å². The minimum atomic E-state index is -0.720. The molecule has 0 bridgehead atoms. The second-order valence-corrected chi connectivity index (χ2v) is 4.64. The van der Waals surface area contributed by atoms with Crippen molar-refractivity contribution in [2.24, 2.45) is 5.73 Å². The van der Waals surface area contributed by atoms with Gasteiger partial charge < -0.3 is 15.8 Å². The Labute approximate surface area is 119 Å². The number of nitrogens with zero attached hydrogens (tertiary/aromatic N) is 1. The minimum absolute atomic E-state index is 0.0596. The second-order valence-electron chi connectivity index (χ2n) is 4.64. The fourth-order valence-corrected chi connectivity index (χ4v) is 2.30. The first-order chi connectivity index (χ1) is 10.1. The Morgan fingerprint density at radius 2 is 2.14 bits per heavy atom. The number of amides is 1. The van der Waals surface area contributed by atoms with E-state index in [1.807, 2.05) is 0 Å². The molecule has 0 radical (unpaired) electrons. The minimum Gasteiger partial charge on any atom is -0.392 e. The van der Waals surface area contributed by atoms with Crippen molar-refractivity contribution in [2.75, 3.05) is 0 Å². The third-order valence-corrected chi connectivity index (χ3v) is 3.37. The number of nitrogens with one attached hydrogen (secondary N) is 1. The zero-order valence-electron chi connectivity index (χ0n) is 10.9. The zero-order chi connectivity index (χ0) is 15.0. The molecule has 4 N–H and O–H groups in total. The van der Waals surface area contributed by atoms with E-state index in [2.05, 4.69) is 9.97 Å². The van der Waals surface area contributed by atoms with Crippen LogP contribution in [0.1, 0.15) is 15.9 Å². The number of primary amides is 1. The summed E-state index contributed by atoms with van der Waals surface area (Å²) < 4.78 is 14.0. The Bertz CT molecular complexity index is 842. The van der Waals surface area contributed by atoms with Gasteiger partial charge in [-0.3, -0.25) is 4.79 Å². The van der Waals surface area contributed by atoms with E-state index in [0.29, 0.717) is 11.1 Å². The number of rotatable bonds is 3. The quantitative estimate of drug-likeness (QED) is 0.687. The van der Waals surface area contributed by atoms with Gasteiger partial charge in [0.05, 0.1) is 24.0 Å². The maximum Gasteiger partial charge on any atom is 0.248 e. The van der Waals surface area contributed by atoms with Crippen LogP contribution in [-0.2, 0) is 6.61 Å². The molecule has 21 heavy (non-hydrogen) atoms. The molecular formula is C15H12FN3O2. The molecule has 0 aliphatic rings. The normalized spacial score (nSPS) is 11.0. The van der Waals surface area contributed by atoms with Gasteiger partial charge in [0, 0.05) is 11.1 Å². The van der Waals surface area contributed by atoms with Gasteiger partial charge in [-0.2, -0.15) is 0 Å². The molecule has 106 valence electrons. The van der Waals surface area contributed by atoms with Crippen molar-refractivity contribution in [2.45, 2.75) is 6.61 Å². The molecule has 0 fully saturated rings. The number of halogens is 1. The molecule has 2 aromatic carbocycles. The molecule has 0 aliphatic heterocycles. The molecule has 1 amide bonds. The van der Waals surface area contributed by atoms with E-state index >= 15 is 0 Å². The standard InChI is InChI=1S/C15H12FN3O2/c16-12-4-9(15(17)21)3-10(11(12)6-20)8-1-2-13-14(5-8)19-7-18-13/h1-5,7,20H,6H2,(H2,17,21)(H,18,19). The fraction of sp³-hybridized carbons (Fsp3) is 0.0667. The Balaban J connectivity index is 2.25. The number of imidazole rings is 1. The highest BCUT2D eigenvalue weighted by Crippen LogP contribution is 2.29. The van der Waals surface area contributed by atoms with Gasteiger partial charge in [0.2, 0.25) is 5.91 Å². The van der Waals surface area contributed by atoms with Gasteiger partial charge >= 0.3 is 0 Å². The van der Waals surface area contributed by atoms with Crippen molar-refractivity contribution in [3.05, 3.63) is 53.6 Å². The Kier molecular flexibility index (Phi) is 3.15. The number of hydrogen-bond donors (Lipinski definition) is 3. The van der Waals surface area contributed by atoms with Crippen molar-refractivity contribution in [3.8, 4) is 11.1 Å². The van der Waals surface area contributed by atoms with E-state index in [1.54, 1.807) is 24.5 Å². The summed E-state index contributed by atoms with van der Waals surface area (Å²) >= 11 is 0. The molecule has 0 atom stereocenters. The lowest BCUT2D eigenvalue weighted by Gasteiger charge is -2.11. The molecule has 0 saturated heterocycles. The second kappa shape index (κ2) is 4.99. The van der Waals surface area contributed by atoms with Crippen LogP contribution in [0.4, 0.5) is 4.39 Å². The van der Waals surface area contributed by atoms with Crippen LogP contribution in [0.15, 0.2) is 36.7 Å². The van der Waals surface area contributed by atoms with E-state index in [4.69, 9.17) is 5.73 Å². The number of aliphatic hydroxyl groups is 1. The monoisotopic (exact) mass is 285 g/mol. The number of carbonyl (C=O) groups excluding carboxylic acids is 1. The SMILES string of the molecule is NC(=O)c1cc(F)c(CO)c(-c2ccc3nc[nH]c3c2)c1. The number of H-pyrrole nitrogens is 1. The molecule has 0 spiro atoms. The van der Waals surface area contributed by atoms with Gasteiger partial charge in [0.25, 0.3) is 0 Å². The molecule has 0 saturated carbocycles. The Morgan fingerprint density at radius 3 is 2.86 bits per heavy atom.